The summed E-state index contributed by atoms with van der Waals surface area (Å²) in [7, 11) is 0. The van der Waals surface area contributed by atoms with Crippen molar-refractivity contribution in [1.29, 1.82) is 0 Å². The van der Waals surface area contributed by atoms with Gasteiger partial charge < -0.3 is 19.9 Å². The van der Waals surface area contributed by atoms with Crippen LogP contribution in [0.1, 0.15) is 45.7 Å². The second kappa shape index (κ2) is 7.79. The van der Waals surface area contributed by atoms with E-state index in [1.807, 2.05) is 0 Å². The summed E-state index contributed by atoms with van der Waals surface area (Å²) in [5.74, 6) is -0.0437. The second-order valence-electron chi connectivity index (χ2n) is 5.75. The fourth-order valence-corrected chi connectivity index (χ4v) is 1.61. The van der Waals surface area contributed by atoms with Gasteiger partial charge in [0.15, 0.2) is 0 Å². The van der Waals surface area contributed by atoms with Crippen LogP contribution < -0.4 is 10.5 Å². The number of hydrogen-bond donors (Lipinski definition) is 1. The molecule has 1 aromatic carbocycles. The summed E-state index contributed by atoms with van der Waals surface area (Å²) in [6, 6.07) is 6.21. The molecule has 0 aromatic heterocycles. The Hall–Kier alpha value is -2.08. The predicted molar refractivity (Wildman–Crippen MR) is 81.5 cm³/mol. The highest BCUT2D eigenvalue weighted by Gasteiger charge is 2.21. The minimum Gasteiger partial charge on any atom is -0.464 e. The van der Waals surface area contributed by atoms with Gasteiger partial charge in [0, 0.05) is 12.0 Å². The standard InChI is InChI=1S/C16H23NO5/c1-5-14(18)20-10-12(17)11-8-6-7-9-13(11)21-15(19)22-16(2,3)4/h6-9,12H,5,10,17H2,1-4H3. The smallest absolute Gasteiger partial charge is 0.464 e. The molecule has 0 radical (unpaired) electrons. The maximum absolute atomic E-state index is 11.7. The molecule has 0 fully saturated rings. The quantitative estimate of drug-likeness (QED) is 0.664. The normalized spacial score (nSPS) is 12.4. The summed E-state index contributed by atoms with van der Waals surface area (Å²) in [6.07, 6.45) is -0.527. The van der Waals surface area contributed by atoms with Gasteiger partial charge >= 0.3 is 12.1 Å². The van der Waals surface area contributed by atoms with E-state index < -0.39 is 17.8 Å². The van der Waals surface area contributed by atoms with Crippen molar-refractivity contribution >= 4 is 12.1 Å². The molecular weight excluding hydrogens is 286 g/mol. The molecule has 122 valence electrons. The number of hydrogen-bond acceptors (Lipinski definition) is 6. The molecule has 0 amide bonds. The first kappa shape index (κ1) is 18.0. The Bertz CT molecular complexity index is 522. The van der Waals surface area contributed by atoms with Crippen LogP contribution in [0.25, 0.3) is 0 Å². The zero-order chi connectivity index (χ0) is 16.8. The van der Waals surface area contributed by atoms with E-state index in [-0.39, 0.29) is 24.7 Å². The van der Waals surface area contributed by atoms with Gasteiger partial charge in [-0.05, 0) is 26.8 Å². The van der Waals surface area contributed by atoms with E-state index in [0.717, 1.165) is 0 Å². The number of ether oxygens (including phenoxy) is 3. The summed E-state index contributed by atoms with van der Waals surface area (Å²) < 4.78 is 15.3. The largest absolute Gasteiger partial charge is 0.514 e. The minimum absolute atomic E-state index is 0.0152. The fraction of sp³-hybridized carbons (Fsp3) is 0.500. The number of rotatable bonds is 5. The van der Waals surface area contributed by atoms with Crippen LogP contribution >= 0.6 is 0 Å². The SMILES string of the molecule is CCC(=O)OCC(N)c1ccccc1OC(=O)OC(C)(C)C. The van der Waals surface area contributed by atoms with E-state index in [0.29, 0.717) is 5.56 Å². The van der Waals surface area contributed by atoms with Crippen LogP contribution in [0.5, 0.6) is 5.75 Å². The van der Waals surface area contributed by atoms with E-state index in [2.05, 4.69) is 0 Å². The van der Waals surface area contributed by atoms with Crippen LogP contribution in [0, 0.1) is 0 Å². The van der Waals surface area contributed by atoms with Crippen LogP contribution in [0.15, 0.2) is 24.3 Å². The Morgan fingerprint density at radius 3 is 2.45 bits per heavy atom. The lowest BCUT2D eigenvalue weighted by atomic mass is 10.1. The van der Waals surface area contributed by atoms with Crippen molar-refractivity contribution in [3.05, 3.63) is 29.8 Å². The molecule has 0 aliphatic carbocycles. The Labute approximate surface area is 130 Å². The van der Waals surface area contributed by atoms with Crippen molar-refractivity contribution in [2.75, 3.05) is 6.61 Å². The van der Waals surface area contributed by atoms with Crippen molar-refractivity contribution < 1.29 is 23.8 Å². The van der Waals surface area contributed by atoms with Crippen LogP contribution in [0.4, 0.5) is 4.79 Å². The lowest BCUT2D eigenvalue weighted by Gasteiger charge is -2.20. The molecule has 0 bridgehead atoms. The van der Waals surface area contributed by atoms with Gasteiger partial charge in [-0.15, -0.1) is 0 Å². The number of para-hydroxylation sites is 1. The van der Waals surface area contributed by atoms with E-state index in [1.54, 1.807) is 52.0 Å². The minimum atomic E-state index is -0.808. The molecule has 0 aliphatic heterocycles. The topological polar surface area (TPSA) is 87.9 Å². The third kappa shape index (κ3) is 6.13. The van der Waals surface area contributed by atoms with Crippen LogP contribution in [-0.4, -0.2) is 24.3 Å². The first-order valence-corrected chi connectivity index (χ1v) is 7.14. The Balaban J connectivity index is 2.76. The molecule has 6 heteroatoms. The van der Waals surface area contributed by atoms with E-state index >= 15 is 0 Å². The van der Waals surface area contributed by atoms with E-state index in [9.17, 15) is 9.59 Å². The van der Waals surface area contributed by atoms with Crippen LogP contribution in [0.3, 0.4) is 0 Å². The molecule has 22 heavy (non-hydrogen) atoms. The number of nitrogens with two attached hydrogens (primary N) is 1. The molecule has 0 saturated carbocycles. The molecule has 1 aromatic rings. The highest BCUT2D eigenvalue weighted by atomic mass is 16.7. The second-order valence-corrected chi connectivity index (χ2v) is 5.75. The molecule has 1 unspecified atom stereocenters. The van der Waals surface area contributed by atoms with E-state index in [1.165, 1.54) is 0 Å². The summed E-state index contributed by atoms with van der Waals surface area (Å²) in [5, 5.41) is 0. The lowest BCUT2D eigenvalue weighted by Crippen LogP contribution is -2.27. The average molecular weight is 309 g/mol. The molecular formula is C16H23NO5. The maximum atomic E-state index is 11.7. The summed E-state index contributed by atoms with van der Waals surface area (Å²) in [5.41, 5.74) is 5.91. The predicted octanol–water partition coefficient (Wildman–Crippen LogP) is 2.95. The van der Waals surface area contributed by atoms with E-state index in [4.69, 9.17) is 19.9 Å². The summed E-state index contributed by atoms with van der Waals surface area (Å²) in [4.78, 5) is 22.9. The van der Waals surface area contributed by atoms with Crippen molar-refractivity contribution in [3.63, 3.8) is 0 Å². The van der Waals surface area contributed by atoms with Crippen molar-refractivity contribution in [1.82, 2.24) is 0 Å². The number of carbonyl (C=O) groups is 2. The van der Waals surface area contributed by atoms with Gasteiger partial charge in [0.25, 0.3) is 0 Å². The van der Waals surface area contributed by atoms with Crippen molar-refractivity contribution in [2.45, 2.75) is 45.8 Å². The molecule has 1 rings (SSSR count). The highest BCUT2D eigenvalue weighted by Crippen LogP contribution is 2.25. The Morgan fingerprint density at radius 2 is 1.86 bits per heavy atom. The monoisotopic (exact) mass is 309 g/mol. The van der Waals surface area contributed by atoms with Gasteiger partial charge in [0.05, 0.1) is 6.04 Å². The van der Waals surface area contributed by atoms with Gasteiger partial charge in [-0.2, -0.15) is 0 Å². The Morgan fingerprint density at radius 1 is 1.23 bits per heavy atom. The molecule has 0 heterocycles. The first-order chi connectivity index (χ1) is 10.2. The molecule has 0 spiro atoms. The number of carbonyl (C=O) groups excluding carboxylic acids is 2. The maximum Gasteiger partial charge on any atom is 0.514 e. The molecule has 0 aliphatic rings. The third-order valence-corrected chi connectivity index (χ3v) is 2.61. The summed E-state index contributed by atoms with van der Waals surface area (Å²) in [6.45, 7) is 6.96. The number of benzene rings is 1. The molecule has 0 saturated heterocycles. The van der Waals surface area contributed by atoms with Gasteiger partial charge in [0.2, 0.25) is 0 Å². The zero-order valence-corrected chi connectivity index (χ0v) is 13.4. The third-order valence-electron chi connectivity index (χ3n) is 2.61. The first-order valence-electron chi connectivity index (χ1n) is 7.14. The van der Waals surface area contributed by atoms with Crippen molar-refractivity contribution in [3.8, 4) is 5.75 Å². The number of esters is 1. The average Bonchev–Trinajstić information content (AvgIpc) is 2.42. The molecule has 1 atom stereocenters. The lowest BCUT2D eigenvalue weighted by molar-refractivity contribution is -0.143. The molecule has 2 N–H and O–H groups in total. The summed E-state index contributed by atoms with van der Waals surface area (Å²) >= 11 is 0. The zero-order valence-electron chi connectivity index (χ0n) is 13.4. The van der Waals surface area contributed by atoms with Gasteiger partial charge in [-0.25, -0.2) is 4.79 Å². The van der Waals surface area contributed by atoms with Crippen LogP contribution in [0.2, 0.25) is 0 Å². The molecule has 6 nitrogen and oxygen atoms in total. The highest BCUT2D eigenvalue weighted by molar-refractivity contribution is 5.69. The van der Waals surface area contributed by atoms with Crippen molar-refractivity contribution in [2.24, 2.45) is 5.73 Å². The van der Waals surface area contributed by atoms with Crippen LogP contribution in [-0.2, 0) is 14.3 Å². The fourth-order valence-electron chi connectivity index (χ4n) is 1.61. The Kier molecular flexibility index (Phi) is 6.37. The van der Waals surface area contributed by atoms with Gasteiger partial charge in [0.1, 0.15) is 18.0 Å². The van der Waals surface area contributed by atoms with Gasteiger partial charge in [-0.3, -0.25) is 4.79 Å². The van der Waals surface area contributed by atoms with Gasteiger partial charge in [-0.1, -0.05) is 25.1 Å².